The summed E-state index contributed by atoms with van der Waals surface area (Å²) in [7, 11) is 1.51. The molecule has 0 amide bonds. The summed E-state index contributed by atoms with van der Waals surface area (Å²) in [6.45, 7) is 4.01. The van der Waals surface area contributed by atoms with Gasteiger partial charge in [-0.15, -0.1) is 0 Å². The van der Waals surface area contributed by atoms with E-state index < -0.39 is 0 Å². The lowest BCUT2D eigenvalue weighted by atomic mass is 10.1. The Kier molecular flexibility index (Phi) is 5.11. The molecule has 0 saturated carbocycles. The fourth-order valence-electron chi connectivity index (χ4n) is 3.03. The summed E-state index contributed by atoms with van der Waals surface area (Å²) in [5.74, 6) is 0.977. The van der Waals surface area contributed by atoms with Crippen LogP contribution in [0.2, 0.25) is 0 Å². The predicted octanol–water partition coefficient (Wildman–Crippen LogP) is 6.34. The Bertz CT molecular complexity index is 1240. The molecule has 6 heteroatoms. The number of hydrogen-bond donors (Lipinski definition) is 1. The number of aromatic nitrogens is 1. The van der Waals surface area contributed by atoms with Gasteiger partial charge in [0.2, 0.25) is 5.89 Å². The minimum Gasteiger partial charge on any atom is -0.504 e. The normalized spacial score (nSPS) is 11.4. The number of ether oxygens (including phenoxy) is 1. The van der Waals surface area contributed by atoms with Crippen molar-refractivity contribution in [3.05, 3.63) is 69.7 Å². The molecular weight excluding hydrogens is 432 g/mol. The Morgan fingerprint density at radius 3 is 2.72 bits per heavy atom. The highest BCUT2D eigenvalue weighted by Crippen LogP contribution is 2.34. The molecule has 29 heavy (non-hydrogen) atoms. The van der Waals surface area contributed by atoms with E-state index in [2.05, 4.69) is 25.9 Å². The lowest BCUT2D eigenvalue weighted by Gasteiger charge is -2.07. The van der Waals surface area contributed by atoms with Crippen LogP contribution in [0.1, 0.15) is 16.7 Å². The van der Waals surface area contributed by atoms with E-state index in [0.29, 0.717) is 17.2 Å². The Balaban J connectivity index is 1.72. The number of nitrogens with zero attached hydrogens (tertiary/aromatic N) is 2. The van der Waals surface area contributed by atoms with Crippen molar-refractivity contribution in [2.24, 2.45) is 4.99 Å². The number of rotatable bonds is 4. The van der Waals surface area contributed by atoms with Crippen LogP contribution >= 0.6 is 15.9 Å². The zero-order chi connectivity index (χ0) is 20.5. The number of phenols is 1. The number of phenolic OH excluding ortho intramolecular Hbond substituents is 1. The Morgan fingerprint density at radius 2 is 1.93 bits per heavy atom. The molecule has 4 rings (SSSR count). The second kappa shape index (κ2) is 7.72. The molecule has 0 aliphatic rings. The number of hydrogen-bond acceptors (Lipinski definition) is 5. The minimum atomic E-state index is 0.0441. The van der Waals surface area contributed by atoms with E-state index in [9.17, 15) is 5.11 Å². The number of aryl methyl sites for hydroxylation is 2. The molecule has 5 nitrogen and oxygen atoms in total. The first-order chi connectivity index (χ1) is 13.9. The molecule has 0 saturated heterocycles. The van der Waals surface area contributed by atoms with Crippen molar-refractivity contribution < 1.29 is 14.3 Å². The van der Waals surface area contributed by atoms with Gasteiger partial charge in [-0.2, -0.15) is 0 Å². The number of oxazole rings is 1. The van der Waals surface area contributed by atoms with Gasteiger partial charge in [0.15, 0.2) is 17.1 Å². The van der Waals surface area contributed by atoms with Gasteiger partial charge in [-0.05, 0) is 61.4 Å². The molecule has 0 bridgehead atoms. The Hall–Kier alpha value is -3.12. The lowest BCUT2D eigenvalue weighted by Crippen LogP contribution is -1.89. The van der Waals surface area contributed by atoms with Gasteiger partial charge < -0.3 is 14.3 Å². The molecule has 4 aromatic rings. The lowest BCUT2D eigenvalue weighted by molar-refractivity contribution is 0.373. The zero-order valence-electron chi connectivity index (χ0n) is 16.2. The summed E-state index contributed by atoms with van der Waals surface area (Å²) in [6.07, 6.45) is 1.62. The van der Waals surface area contributed by atoms with Crippen LogP contribution in [0.15, 0.2) is 62.4 Å². The zero-order valence-corrected chi connectivity index (χ0v) is 17.8. The molecule has 0 aliphatic carbocycles. The molecule has 0 fully saturated rings. The Labute approximate surface area is 176 Å². The molecule has 3 aromatic carbocycles. The second-order valence-electron chi connectivity index (χ2n) is 6.80. The molecular formula is C23H19BrN2O3. The van der Waals surface area contributed by atoms with E-state index >= 15 is 0 Å². The fourth-order valence-corrected chi connectivity index (χ4v) is 3.48. The van der Waals surface area contributed by atoms with Crippen LogP contribution < -0.4 is 4.74 Å². The molecule has 1 aromatic heterocycles. The molecule has 0 spiro atoms. The van der Waals surface area contributed by atoms with Crippen molar-refractivity contribution in [2.45, 2.75) is 13.8 Å². The van der Waals surface area contributed by atoms with Crippen LogP contribution in [-0.2, 0) is 0 Å². The van der Waals surface area contributed by atoms with Crippen molar-refractivity contribution in [3.8, 4) is 23.0 Å². The predicted molar refractivity (Wildman–Crippen MR) is 119 cm³/mol. The number of methoxy groups -OCH3 is 1. The average molecular weight is 451 g/mol. The van der Waals surface area contributed by atoms with Crippen LogP contribution in [0.5, 0.6) is 11.5 Å². The number of aliphatic imine (C=N–C) groups is 1. The molecule has 0 unspecified atom stereocenters. The van der Waals surface area contributed by atoms with Crippen LogP contribution in [0.4, 0.5) is 5.69 Å². The first-order valence-electron chi connectivity index (χ1n) is 9.03. The van der Waals surface area contributed by atoms with Crippen molar-refractivity contribution in [1.82, 2.24) is 4.98 Å². The van der Waals surface area contributed by atoms with Gasteiger partial charge in [-0.1, -0.05) is 28.1 Å². The van der Waals surface area contributed by atoms with Crippen LogP contribution in [0.3, 0.4) is 0 Å². The molecule has 0 aliphatic heterocycles. The number of fused-ring (bicyclic) bond motifs is 1. The van der Waals surface area contributed by atoms with Crippen LogP contribution in [0.25, 0.3) is 22.6 Å². The topological polar surface area (TPSA) is 67.9 Å². The summed E-state index contributed by atoms with van der Waals surface area (Å²) in [5.41, 5.74) is 5.87. The van der Waals surface area contributed by atoms with Crippen molar-refractivity contribution in [3.63, 3.8) is 0 Å². The first kappa shape index (κ1) is 19.2. The minimum absolute atomic E-state index is 0.0441. The van der Waals surface area contributed by atoms with Crippen LogP contribution in [-0.4, -0.2) is 23.4 Å². The van der Waals surface area contributed by atoms with Gasteiger partial charge in [0.25, 0.3) is 0 Å². The summed E-state index contributed by atoms with van der Waals surface area (Å²) >= 11 is 3.42. The maximum absolute atomic E-state index is 10.3. The van der Waals surface area contributed by atoms with Crippen molar-refractivity contribution in [2.75, 3.05) is 7.11 Å². The fraction of sp³-hybridized carbons (Fsp3) is 0.130. The van der Waals surface area contributed by atoms with E-state index in [4.69, 9.17) is 9.15 Å². The van der Waals surface area contributed by atoms with Gasteiger partial charge in [-0.25, -0.2) is 4.98 Å². The molecule has 0 atom stereocenters. The largest absolute Gasteiger partial charge is 0.504 e. The van der Waals surface area contributed by atoms with Gasteiger partial charge in [-0.3, -0.25) is 4.99 Å². The third kappa shape index (κ3) is 3.89. The summed E-state index contributed by atoms with van der Waals surface area (Å²) in [4.78, 5) is 9.18. The Morgan fingerprint density at radius 1 is 1.10 bits per heavy atom. The maximum Gasteiger partial charge on any atom is 0.227 e. The van der Waals surface area contributed by atoms with E-state index in [1.165, 1.54) is 7.11 Å². The van der Waals surface area contributed by atoms with E-state index in [0.717, 1.165) is 38.0 Å². The first-order valence-corrected chi connectivity index (χ1v) is 9.82. The molecule has 1 N–H and O–H groups in total. The quantitative estimate of drug-likeness (QED) is 0.368. The number of benzene rings is 3. The number of aromatic hydroxyl groups is 1. The van der Waals surface area contributed by atoms with Gasteiger partial charge in [0.05, 0.1) is 12.8 Å². The third-order valence-corrected chi connectivity index (χ3v) is 5.09. The SMILES string of the molecule is COc1cc(Br)cc(C=Nc2cc(-c3nc4cc(C)ccc4o3)ccc2C)c1O. The highest BCUT2D eigenvalue weighted by Gasteiger charge is 2.11. The molecule has 0 radical (unpaired) electrons. The highest BCUT2D eigenvalue weighted by molar-refractivity contribution is 9.10. The van der Waals surface area contributed by atoms with Crippen LogP contribution in [0, 0.1) is 13.8 Å². The van der Waals surface area contributed by atoms with Gasteiger partial charge in [0, 0.05) is 21.8 Å². The second-order valence-corrected chi connectivity index (χ2v) is 7.71. The maximum atomic E-state index is 10.3. The monoisotopic (exact) mass is 450 g/mol. The third-order valence-electron chi connectivity index (χ3n) is 4.63. The van der Waals surface area contributed by atoms with E-state index in [1.807, 2.05) is 50.2 Å². The van der Waals surface area contributed by atoms with Crippen molar-refractivity contribution >= 4 is 38.9 Å². The van der Waals surface area contributed by atoms with Gasteiger partial charge >= 0.3 is 0 Å². The molecule has 146 valence electrons. The van der Waals surface area contributed by atoms with Gasteiger partial charge in [0.1, 0.15) is 5.52 Å². The average Bonchev–Trinajstić information content (AvgIpc) is 3.12. The summed E-state index contributed by atoms with van der Waals surface area (Å²) in [6, 6.07) is 15.3. The highest BCUT2D eigenvalue weighted by atomic mass is 79.9. The summed E-state index contributed by atoms with van der Waals surface area (Å²) < 4.78 is 11.9. The van der Waals surface area contributed by atoms with Crippen molar-refractivity contribution in [1.29, 1.82) is 0 Å². The smallest absolute Gasteiger partial charge is 0.227 e. The summed E-state index contributed by atoms with van der Waals surface area (Å²) in [5, 5.41) is 10.3. The molecule has 1 heterocycles. The van der Waals surface area contributed by atoms with E-state index in [-0.39, 0.29) is 5.75 Å². The van der Waals surface area contributed by atoms with E-state index in [1.54, 1.807) is 18.3 Å². The number of halogens is 1. The standard InChI is InChI=1S/C23H19BrN2O3/c1-13-4-7-20-19(8-13)26-23(29-20)15-6-5-14(2)18(10-15)25-12-16-9-17(24)11-21(28-3)22(16)27/h4-12,27H,1-3H3.